The molecule has 0 unspecified atom stereocenters. The normalized spacial score (nSPS) is 10.1. The Morgan fingerprint density at radius 3 is 2.35 bits per heavy atom. The van der Waals surface area contributed by atoms with Gasteiger partial charge in [-0.2, -0.15) is 5.26 Å². The van der Waals surface area contributed by atoms with Crippen molar-refractivity contribution >= 4 is 36.5 Å². The van der Waals surface area contributed by atoms with E-state index < -0.39 is 0 Å². The predicted octanol–water partition coefficient (Wildman–Crippen LogP) is 2.94. The van der Waals surface area contributed by atoms with Crippen LogP contribution in [0.2, 0.25) is 10.0 Å². The molecule has 6 heteroatoms. The van der Waals surface area contributed by atoms with E-state index in [1.165, 1.54) is 12.1 Å². The highest BCUT2D eigenvalue weighted by Gasteiger charge is 2.09. The molecular weight excluding hydrogens is 296 g/mol. The smallest absolute Gasteiger partial charge is 0.130 e. The Morgan fingerprint density at radius 1 is 1.15 bits per heavy atom. The van der Waals surface area contributed by atoms with Crippen LogP contribution in [0.15, 0.2) is 30.3 Å². The van der Waals surface area contributed by atoms with Crippen molar-refractivity contribution in [3.63, 3.8) is 0 Å². The van der Waals surface area contributed by atoms with Crippen LogP contribution in [0.5, 0.6) is 11.5 Å². The average Bonchev–Trinajstić information content (AvgIpc) is 2.40. The molecule has 0 heterocycles. The van der Waals surface area contributed by atoms with Crippen LogP contribution in [-0.2, 0) is 6.61 Å². The van der Waals surface area contributed by atoms with Crippen LogP contribution in [0.4, 0.5) is 0 Å². The molecule has 0 amide bonds. The number of benzene rings is 2. The Bertz CT molecular complexity index is 675. The van der Waals surface area contributed by atoms with Gasteiger partial charge in [-0.3, -0.25) is 0 Å². The first-order chi connectivity index (χ1) is 9.55. The number of hydrogen-bond donors (Lipinski definition) is 1. The Labute approximate surface area is 127 Å². The lowest BCUT2D eigenvalue weighted by Gasteiger charge is -2.10. The SMILES string of the molecule is [B]c1ccc(Oc2cc(Cl)c(C#N)c(Cl)c2)cc1CO. The van der Waals surface area contributed by atoms with Gasteiger partial charge in [0.2, 0.25) is 0 Å². The highest BCUT2D eigenvalue weighted by atomic mass is 35.5. The zero-order valence-electron chi connectivity index (χ0n) is 10.2. The second-order valence-corrected chi connectivity index (χ2v) is 4.81. The van der Waals surface area contributed by atoms with Gasteiger partial charge in [-0.05, 0) is 17.7 Å². The summed E-state index contributed by atoms with van der Waals surface area (Å²) >= 11 is 11.9. The molecule has 0 saturated heterocycles. The maximum absolute atomic E-state index is 9.15. The zero-order valence-corrected chi connectivity index (χ0v) is 11.7. The van der Waals surface area contributed by atoms with Gasteiger partial charge in [0, 0.05) is 12.1 Å². The molecule has 98 valence electrons. The minimum atomic E-state index is -0.183. The van der Waals surface area contributed by atoms with E-state index in [9.17, 15) is 0 Å². The van der Waals surface area contributed by atoms with Gasteiger partial charge < -0.3 is 9.84 Å². The molecule has 20 heavy (non-hydrogen) atoms. The van der Waals surface area contributed by atoms with Crippen LogP contribution >= 0.6 is 23.2 Å². The highest BCUT2D eigenvalue weighted by molar-refractivity contribution is 6.36. The molecule has 0 saturated carbocycles. The van der Waals surface area contributed by atoms with Gasteiger partial charge in [-0.15, -0.1) is 0 Å². The summed E-state index contributed by atoms with van der Waals surface area (Å²) in [6.07, 6.45) is 0. The first-order valence-electron chi connectivity index (χ1n) is 5.61. The van der Waals surface area contributed by atoms with Gasteiger partial charge in [0.1, 0.15) is 25.4 Å². The number of rotatable bonds is 3. The number of ether oxygens (including phenoxy) is 1. The fraction of sp³-hybridized carbons (Fsp3) is 0.0714. The fourth-order valence-electron chi connectivity index (χ4n) is 1.63. The molecule has 0 aliphatic heterocycles. The van der Waals surface area contributed by atoms with Crippen molar-refractivity contribution in [3.8, 4) is 17.6 Å². The van der Waals surface area contributed by atoms with Crippen LogP contribution in [0.3, 0.4) is 0 Å². The van der Waals surface area contributed by atoms with E-state index in [-0.39, 0.29) is 22.2 Å². The van der Waals surface area contributed by atoms with Crippen LogP contribution < -0.4 is 10.2 Å². The molecule has 0 aliphatic carbocycles. The molecule has 2 aromatic carbocycles. The van der Waals surface area contributed by atoms with Crippen molar-refractivity contribution in [3.05, 3.63) is 51.5 Å². The quantitative estimate of drug-likeness (QED) is 0.887. The highest BCUT2D eigenvalue weighted by Crippen LogP contribution is 2.32. The summed E-state index contributed by atoms with van der Waals surface area (Å²) in [4.78, 5) is 0. The molecule has 0 spiro atoms. The van der Waals surface area contributed by atoms with E-state index in [1.54, 1.807) is 18.2 Å². The largest absolute Gasteiger partial charge is 0.457 e. The Kier molecular flexibility index (Phi) is 4.56. The third-order valence-electron chi connectivity index (χ3n) is 2.65. The fourth-order valence-corrected chi connectivity index (χ4v) is 2.19. The molecule has 2 radical (unpaired) electrons. The topological polar surface area (TPSA) is 53.2 Å². The van der Waals surface area contributed by atoms with Gasteiger partial charge in [-0.25, -0.2) is 0 Å². The number of nitriles is 1. The molecule has 0 aromatic heterocycles. The lowest BCUT2D eigenvalue weighted by molar-refractivity contribution is 0.282. The summed E-state index contributed by atoms with van der Waals surface area (Å²) in [5.41, 5.74) is 1.25. The molecule has 2 rings (SSSR count). The maximum Gasteiger partial charge on any atom is 0.130 e. The number of halogens is 2. The van der Waals surface area contributed by atoms with Gasteiger partial charge in [0.15, 0.2) is 0 Å². The molecule has 0 atom stereocenters. The van der Waals surface area contributed by atoms with Gasteiger partial charge in [0.05, 0.1) is 22.2 Å². The average molecular weight is 304 g/mol. The molecule has 0 aliphatic rings. The van der Waals surface area contributed by atoms with Crippen LogP contribution in [-0.4, -0.2) is 13.0 Å². The molecule has 0 bridgehead atoms. The summed E-state index contributed by atoms with van der Waals surface area (Å²) in [5.74, 6) is 0.882. The molecule has 1 N–H and O–H groups in total. The van der Waals surface area contributed by atoms with Crippen molar-refractivity contribution in [1.82, 2.24) is 0 Å². The number of aliphatic hydroxyl groups is 1. The molecule has 0 fully saturated rings. The minimum Gasteiger partial charge on any atom is -0.457 e. The van der Waals surface area contributed by atoms with E-state index in [1.807, 2.05) is 6.07 Å². The second kappa shape index (κ2) is 6.19. The third-order valence-corrected chi connectivity index (χ3v) is 3.24. The Hall–Kier alpha value is -1.67. The van der Waals surface area contributed by atoms with E-state index in [0.29, 0.717) is 22.5 Å². The van der Waals surface area contributed by atoms with E-state index in [4.69, 9.17) is 46.2 Å². The third kappa shape index (κ3) is 3.08. The van der Waals surface area contributed by atoms with Crippen LogP contribution in [0, 0.1) is 11.3 Å². The van der Waals surface area contributed by atoms with Crippen molar-refractivity contribution in [2.75, 3.05) is 0 Å². The molecular formula is C14H8BCl2NO2. The van der Waals surface area contributed by atoms with Crippen molar-refractivity contribution < 1.29 is 9.84 Å². The van der Waals surface area contributed by atoms with Crippen molar-refractivity contribution in [2.24, 2.45) is 0 Å². The van der Waals surface area contributed by atoms with Gasteiger partial charge >= 0.3 is 0 Å². The number of hydrogen-bond acceptors (Lipinski definition) is 3. The Morgan fingerprint density at radius 2 is 1.80 bits per heavy atom. The zero-order chi connectivity index (χ0) is 14.7. The minimum absolute atomic E-state index is 0.183. The first-order valence-corrected chi connectivity index (χ1v) is 6.37. The van der Waals surface area contributed by atoms with Gasteiger partial charge in [0.25, 0.3) is 0 Å². The number of aliphatic hydroxyl groups excluding tert-OH is 1. The first kappa shape index (κ1) is 14.7. The summed E-state index contributed by atoms with van der Waals surface area (Å²) in [5, 5.41) is 18.5. The Balaban J connectivity index is 2.33. The predicted molar refractivity (Wildman–Crippen MR) is 79.0 cm³/mol. The lowest BCUT2D eigenvalue weighted by Crippen LogP contribution is -2.09. The standard InChI is InChI=1S/C14H8BCl2NO2/c15-12-2-1-9(3-8(12)7-19)20-10-4-13(16)11(6-18)14(17)5-10/h1-5,19H,7H2. The monoisotopic (exact) mass is 303 g/mol. The van der Waals surface area contributed by atoms with Crippen LogP contribution in [0.1, 0.15) is 11.1 Å². The van der Waals surface area contributed by atoms with E-state index in [2.05, 4.69) is 0 Å². The molecule has 2 aromatic rings. The lowest BCUT2D eigenvalue weighted by atomic mass is 9.91. The van der Waals surface area contributed by atoms with E-state index in [0.717, 1.165) is 0 Å². The van der Waals surface area contributed by atoms with Crippen LogP contribution in [0.25, 0.3) is 0 Å². The second-order valence-electron chi connectivity index (χ2n) is 3.99. The molecule has 3 nitrogen and oxygen atoms in total. The maximum atomic E-state index is 9.15. The summed E-state index contributed by atoms with van der Waals surface area (Å²) in [6.45, 7) is -0.183. The van der Waals surface area contributed by atoms with Crippen molar-refractivity contribution in [2.45, 2.75) is 6.61 Å². The van der Waals surface area contributed by atoms with Gasteiger partial charge in [-0.1, -0.05) is 34.7 Å². The summed E-state index contributed by atoms with van der Waals surface area (Å²) in [7, 11) is 5.69. The summed E-state index contributed by atoms with van der Waals surface area (Å²) in [6, 6.07) is 9.83. The summed E-state index contributed by atoms with van der Waals surface area (Å²) < 4.78 is 5.59. The van der Waals surface area contributed by atoms with E-state index >= 15 is 0 Å². The number of nitrogens with zero attached hydrogens (tertiary/aromatic N) is 1. The van der Waals surface area contributed by atoms with Crippen molar-refractivity contribution in [1.29, 1.82) is 5.26 Å².